The van der Waals surface area contributed by atoms with Gasteiger partial charge in [0, 0.05) is 22.3 Å². The highest BCUT2D eigenvalue weighted by molar-refractivity contribution is 6.20. The number of carbonyl (C=O) groups excluding carboxylic acids is 5. The minimum atomic E-state index is -0.915. The van der Waals surface area contributed by atoms with Crippen LogP contribution in [0.5, 0.6) is 0 Å². The van der Waals surface area contributed by atoms with Gasteiger partial charge in [0.15, 0.2) is 23.1 Å². The SMILES string of the molecule is C/C1=C/CCC2=C[C@@H](C/C(C)=C/CC3=CC(=O)C(=CC3=O)C1)[C@]1(C=O)/C=C/C=C(\C)CC/C=C(\C)CC3=CC(=O)C(=CC3=O)C[C@@H]1C2. The van der Waals surface area contributed by atoms with Crippen LogP contribution >= 0.6 is 0 Å². The van der Waals surface area contributed by atoms with Gasteiger partial charge in [-0.1, -0.05) is 70.4 Å². The molecule has 244 valence electrons. The highest BCUT2D eigenvalue weighted by Gasteiger charge is 2.46. The second-order valence-electron chi connectivity index (χ2n) is 14.2. The maximum atomic E-state index is 13.5. The highest BCUT2D eigenvalue weighted by Crippen LogP contribution is 2.50. The summed E-state index contributed by atoms with van der Waals surface area (Å²) in [6, 6.07) is 0. The van der Waals surface area contributed by atoms with Crippen molar-refractivity contribution in [1.29, 1.82) is 0 Å². The summed E-state index contributed by atoms with van der Waals surface area (Å²) in [6.45, 7) is 8.10. The molecule has 0 aromatic heterocycles. The summed E-state index contributed by atoms with van der Waals surface area (Å²) in [7, 11) is 0. The molecule has 5 heteroatoms. The lowest BCUT2D eigenvalue weighted by atomic mass is 9.58. The first-order valence-corrected chi connectivity index (χ1v) is 16.9. The molecule has 7 aliphatic carbocycles. The molecule has 0 aromatic rings. The van der Waals surface area contributed by atoms with Gasteiger partial charge in [0.25, 0.3) is 0 Å². The Morgan fingerprint density at radius 1 is 0.638 bits per heavy atom. The van der Waals surface area contributed by atoms with Crippen LogP contribution in [0.4, 0.5) is 0 Å². The Bertz CT molecular complexity index is 1710. The van der Waals surface area contributed by atoms with Gasteiger partial charge in [0.1, 0.15) is 6.29 Å². The Kier molecular flexibility index (Phi) is 10.6. The van der Waals surface area contributed by atoms with Crippen LogP contribution in [-0.4, -0.2) is 29.4 Å². The largest absolute Gasteiger partial charge is 0.302 e. The second-order valence-corrected chi connectivity index (χ2v) is 14.2. The molecule has 5 nitrogen and oxygen atoms in total. The van der Waals surface area contributed by atoms with Crippen molar-refractivity contribution in [1.82, 2.24) is 0 Å². The van der Waals surface area contributed by atoms with E-state index in [0.29, 0.717) is 60.8 Å². The summed E-state index contributed by atoms with van der Waals surface area (Å²) < 4.78 is 0. The molecule has 0 aromatic carbocycles. The summed E-state index contributed by atoms with van der Waals surface area (Å²) in [5.74, 6) is -0.917. The summed E-state index contributed by atoms with van der Waals surface area (Å²) in [6.07, 6.45) is 27.7. The van der Waals surface area contributed by atoms with Gasteiger partial charge >= 0.3 is 0 Å². The molecular weight excluding hydrogens is 584 g/mol. The lowest BCUT2D eigenvalue weighted by Crippen LogP contribution is -2.41. The molecule has 6 bridgehead atoms. The van der Waals surface area contributed by atoms with E-state index in [-0.39, 0.29) is 35.0 Å². The van der Waals surface area contributed by atoms with Crippen molar-refractivity contribution in [2.45, 2.75) is 91.9 Å². The molecule has 0 unspecified atom stereocenters. The summed E-state index contributed by atoms with van der Waals surface area (Å²) in [5.41, 5.74) is 6.64. The van der Waals surface area contributed by atoms with Crippen molar-refractivity contribution < 1.29 is 24.0 Å². The number of hydrogen-bond acceptors (Lipinski definition) is 5. The van der Waals surface area contributed by atoms with Crippen molar-refractivity contribution in [2.24, 2.45) is 17.3 Å². The third-order valence-electron chi connectivity index (χ3n) is 10.4. The zero-order valence-electron chi connectivity index (χ0n) is 28.2. The van der Waals surface area contributed by atoms with Crippen LogP contribution in [0.25, 0.3) is 0 Å². The first kappa shape index (κ1) is 34.1. The first-order chi connectivity index (χ1) is 22.5. The molecule has 0 aliphatic heterocycles. The molecule has 0 spiro atoms. The van der Waals surface area contributed by atoms with E-state index in [0.717, 1.165) is 48.7 Å². The number of carbonyl (C=O) groups is 5. The van der Waals surface area contributed by atoms with Crippen LogP contribution < -0.4 is 0 Å². The molecule has 0 amide bonds. The van der Waals surface area contributed by atoms with Crippen LogP contribution in [0.3, 0.4) is 0 Å². The zero-order chi connectivity index (χ0) is 33.7. The van der Waals surface area contributed by atoms with E-state index in [1.807, 2.05) is 39.0 Å². The number of hydrogen-bond donors (Lipinski definition) is 0. The van der Waals surface area contributed by atoms with Crippen molar-refractivity contribution in [2.75, 3.05) is 0 Å². The maximum absolute atomic E-state index is 13.5. The lowest BCUT2D eigenvalue weighted by molar-refractivity contribution is -0.119. The van der Waals surface area contributed by atoms with Crippen LogP contribution in [0.2, 0.25) is 0 Å². The fraction of sp³-hybridized carbons (Fsp3) is 0.405. The van der Waals surface area contributed by atoms with E-state index in [1.165, 1.54) is 35.5 Å². The third kappa shape index (κ3) is 8.01. The van der Waals surface area contributed by atoms with Crippen molar-refractivity contribution in [3.63, 3.8) is 0 Å². The fourth-order valence-electron chi connectivity index (χ4n) is 7.57. The highest BCUT2D eigenvalue weighted by atomic mass is 16.1. The van der Waals surface area contributed by atoms with E-state index in [9.17, 15) is 24.0 Å². The van der Waals surface area contributed by atoms with Gasteiger partial charge in [-0.25, -0.2) is 0 Å². The minimum Gasteiger partial charge on any atom is -0.302 e. The number of allylic oxidation sites excluding steroid dienone is 20. The Morgan fingerprint density at radius 3 is 1.87 bits per heavy atom. The van der Waals surface area contributed by atoms with Gasteiger partial charge < -0.3 is 4.79 Å². The minimum absolute atomic E-state index is 0.106. The van der Waals surface area contributed by atoms with Gasteiger partial charge in [-0.05, 0) is 128 Å². The molecule has 3 atom stereocenters. The topological polar surface area (TPSA) is 85.3 Å². The normalized spacial score (nSPS) is 33.2. The Labute approximate surface area is 279 Å². The molecule has 7 rings (SSSR count). The fourth-order valence-corrected chi connectivity index (χ4v) is 7.57. The monoisotopic (exact) mass is 630 g/mol. The molecule has 0 radical (unpaired) electrons. The van der Waals surface area contributed by atoms with Gasteiger partial charge in [-0.3, -0.25) is 19.2 Å². The predicted octanol–water partition coefficient (Wildman–Crippen LogP) is 8.62. The van der Waals surface area contributed by atoms with Crippen molar-refractivity contribution in [3.8, 4) is 0 Å². The maximum Gasteiger partial charge on any atom is 0.182 e. The van der Waals surface area contributed by atoms with Gasteiger partial charge in [-0.15, -0.1) is 0 Å². The predicted molar refractivity (Wildman–Crippen MR) is 186 cm³/mol. The van der Waals surface area contributed by atoms with E-state index in [4.69, 9.17) is 0 Å². The van der Waals surface area contributed by atoms with E-state index >= 15 is 0 Å². The molecular formula is C42H46O5. The lowest BCUT2D eigenvalue weighted by Gasteiger charge is -2.44. The van der Waals surface area contributed by atoms with Gasteiger partial charge in [0.2, 0.25) is 0 Å². The van der Waals surface area contributed by atoms with Gasteiger partial charge in [0.05, 0.1) is 5.41 Å². The number of rotatable bonds is 1. The molecule has 0 fully saturated rings. The molecule has 0 N–H and O–H groups in total. The second kappa shape index (κ2) is 14.7. The van der Waals surface area contributed by atoms with E-state index < -0.39 is 5.41 Å². The average molecular weight is 631 g/mol. The molecule has 0 saturated carbocycles. The van der Waals surface area contributed by atoms with E-state index in [1.54, 1.807) is 0 Å². The van der Waals surface area contributed by atoms with Crippen LogP contribution in [0.1, 0.15) is 91.9 Å². The number of aldehydes is 1. The Hall–Kier alpha value is -4.25. The number of ketones is 4. The van der Waals surface area contributed by atoms with Crippen molar-refractivity contribution >= 4 is 29.4 Å². The quantitative estimate of drug-likeness (QED) is 0.165. The summed E-state index contributed by atoms with van der Waals surface area (Å²) >= 11 is 0. The smallest absolute Gasteiger partial charge is 0.182 e. The zero-order valence-corrected chi connectivity index (χ0v) is 28.2. The van der Waals surface area contributed by atoms with Crippen LogP contribution in [0, 0.1) is 17.3 Å². The average Bonchev–Trinajstić information content (AvgIpc) is 3.01. The first-order valence-electron chi connectivity index (χ1n) is 16.9. The van der Waals surface area contributed by atoms with Crippen LogP contribution in [-0.2, 0) is 24.0 Å². The van der Waals surface area contributed by atoms with Gasteiger partial charge in [-0.2, -0.15) is 0 Å². The van der Waals surface area contributed by atoms with Crippen molar-refractivity contribution in [3.05, 3.63) is 117 Å². The van der Waals surface area contributed by atoms with E-state index in [2.05, 4.69) is 31.2 Å². The molecule has 7 aliphatic rings. The molecule has 0 heterocycles. The summed E-state index contributed by atoms with van der Waals surface area (Å²) in [5, 5.41) is 0. The van der Waals surface area contributed by atoms with Crippen LogP contribution in [0.15, 0.2) is 117 Å². The number of fused-ring (bicyclic) bond motifs is 14. The molecule has 0 saturated heterocycles. The summed E-state index contributed by atoms with van der Waals surface area (Å²) in [4.78, 5) is 66.0. The Balaban J connectivity index is 1.59. The molecule has 47 heavy (non-hydrogen) atoms. The Morgan fingerprint density at radius 2 is 1.21 bits per heavy atom. The third-order valence-corrected chi connectivity index (χ3v) is 10.4. The standard InChI is InChI=1S/C42H46O5/c1-27-8-5-9-28(2)16-34-24-41(47)35(25-40(34)46)21-37-20-31-12-6-10-29(3)17-33-23-38(44)32(22-39(33)45)14-13-30(4)18-36(19-31)42(37,26-43)15-7-11-27/h7,9-11,13,15,19,22-26,36-37H,5-6,8,12,14,16-18,20-21H2,1-4H3/b15-7+,27-11+,28-9+,29-10-,30-13+/t36-,37+,42-/m1/s1.